The molecule has 3 aromatic carbocycles. The first-order valence-electron chi connectivity index (χ1n) is 8.92. The summed E-state index contributed by atoms with van der Waals surface area (Å²) in [4.78, 5) is 4.99. The van der Waals surface area contributed by atoms with Gasteiger partial charge < -0.3 is 0 Å². The fourth-order valence-electron chi connectivity index (χ4n) is 3.58. The van der Waals surface area contributed by atoms with Gasteiger partial charge in [0.2, 0.25) is 0 Å². The van der Waals surface area contributed by atoms with E-state index >= 15 is 0 Å². The van der Waals surface area contributed by atoms with Crippen LogP contribution in [0, 0.1) is 6.92 Å². The zero-order valence-electron chi connectivity index (χ0n) is 15.1. The van der Waals surface area contributed by atoms with Crippen LogP contribution in [0.4, 0.5) is 0 Å². The predicted molar refractivity (Wildman–Crippen MR) is 111 cm³/mol. The van der Waals surface area contributed by atoms with Crippen molar-refractivity contribution in [3.63, 3.8) is 0 Å². The Labute approximate surface area is 162 Å². The number of nitrogens with zero attached hydrogens (tertiary/aromatic N) is 2. The molecule has 5 nitrogen and oxygen atoms in total. The van der Waals surface area contributed by atoms with Crippen molar-refractivity contribution in [2.24, 2.45) is 0 Å². The van der Waals surface area contributed by atoms with Crippen molar-refractivity contribution >= 4 is 31.8 Å². The summed E-state index contributed by atoms with van der Waals surface area (Å²) in [5.41, 5.74) is 4.55. The van der Waals surface area contributed by atoms with Gasteiger partial charge in [0.15, 0.2) is 0 Å². The van der Waals surface area contributed by atoms with E-state index in [2.05, 4.69) is 18.1 Å². The number of hydrogen-bond donors (Lipinski definition) is 1. The maximum absolute atomic E-state index is 13.0. The van der Waals surface area contributed by atoms with Gasteiger partial charge in [-0.25, -0.2) is 4.98 Å². The van der Waals surface area contributed by atoms with Crippen molar-refractivity contribution in [1.29, 1.82) is 0 Å². The Morgan fingerprint density at radius 2 is 1.64 bits per heavy atom. The molecule has 5 aromatic rings. The van der Waals surface area contributed by atoms with Gasteiger partial charge in [0.25, 0.3) is 10.0 Å². The summed E-state index contributed by atoms with van der Waals surface area (Å²) >= 11 is 0. The highest BCUT2D eigenvalue weighted by atomic mass is 32.2. The highest BCUT2D eigenvalue weighted by Gasteiger charge is 2.20. The van der Waals surface area contributed by atoms with Crippen molar-refractivity contribution in [1.82, 2.24) is 14.2 Å². The van der Waals surface area contributed by atoms with Gasteiger partial charge >= 0.3 is 0 Å². The number of aromatic amines is 1. The Balaban J connectivity index is 1.72. The monoisotopic (exact) mass is 387 g/mol. The fraction of sp³-hybridized carbons (Fsp3) is 0.0455. The number of hydrogen-bond acceptors (Lipinski definition) is 3. The SMILES string of the molecule is Cc1ccccc1-c1cc2c(ccc3c2c[nH]n3S(=O)(=O)c2ccccc2)n1. The lowest BCUT2D eigenvalue weighted by Gasteiger charge is -2.06. The normalized spacial score (nSPS) is 12.0. The Morgan fingerprint density at radius 1 is 0.893 bits per heavy atom. The van der Waals surface area contributed by atoms with Crippen LogP contribution in [0.5, 0.6) is 0 Å². The topological polar surface area (TPSA) is 67.8 Å². The van der Waals surface area contributed by atoms with Gasteiger partial charge in [0.05, 0.1) is 21.6 Å². The summed E-state index contributed by atoms with van der Waals surface area (Å²) in [5, 5.41) is 4.65. The molecule has 0 unspecified atom stereocenters. The summed E-state index contributed by atoms with van der Waals surface area (Å²) in [5.74, 6) is 0. The molecule has 0 aliphatic carbocycles. The molecule has 0 saturated carbocycles. The van der Waals surface area contributed by atoms with Crippen LogP contribution in [0.2, 0.25) is 0 Å². The molecule has 0 spiro atoms. The average Bonchev–Trinajstić information content (AvgIpc) is 3.33. The molecule has 0 bridgehead atoms. The summed E-state index contributed by atoms with van der Waals surface area (Å²) in [6, 6.07) is 22.2. The van der Waals surface area contributed by atoms with E-state index < -0.39 is 10.0 Å². The minimum atomic E-state index is -3.70. The molecule has 0 atom stereocenters. The summed E-state index contributed by atoms with van der Waals surface area (Å²) in [7, 11) is -3.70. The van der Waals surface area contributed by atoms with E-state index in [1.807, 2.05) is 30.3 Å². The van der Waals surface area contributed by atoms with Crippen molar-refractivity contribution < 1.29 is 8.42 Å². The second kappa shape index (κ2) is 6.07. The first kappa shape index (κ1) is 16.8. The Kier molecular flexibility index (Phi) is 3.64. The predicted octanol–water partition coefficient (Wildman–Crippen LogP) is 4.73. The third kappa shape index (κ3) is 2.46. The largest absolute Gasteiger partial charge is 0.291 e. The van der Waals surface area contributed by atoms with Gasteiger partial charge in [0.1, 0.15) is 0 Å². The molecule has 2 heterocycles. The third-order valence-electron chi connectivity index (χ3n) is 5.01. The van der Waals surface area contributed by atoms with Gasteiger partial charge in [-0.05, 0) is 42.8 Å². The molecule has 28 heavy (non-hydrogen) atoms. The van der Waals surface area contributed by atoms with Gasteiger partial charge in [-0.3, -0.25) is 5.10 Å². The first-order chi connectivity index (χ1) is 13.6. The minimum Gasteiger partial charge on any atom is -0.291 e. The van der Waals surface area contributed by atoms with Gasteiger partial charge in [0, 0.05) is 22.5 Å². The van der Waals surface area contributed by atoms with Crippen LogP contribution in [-0.4, -0.2) is 22.6 Å². The van der Waals surface area contributed by atoms with Crippen molar-refractivity contribution in [2.75, 3.05) is 0 Å². The van der Waals surface area contributed by atoms with Crippen LogP contribution < -0.4 is 0 Å². The van der Waals surface area contributed by atoms with Crippen molar-refractivity contribution in [2.45, 2.75) is 11.8 Å². The van der Waals surface area contributed by atoms with E-state index in [1.165, 1.54) is 4.09 Å². The maximum atomic E-state index is 13.0. The zero-order chi connectivity index (χ0) is 19.3. The maximum Gasteiger partial charge on any atom is 0.281 e. The molecular weight excluding hydrogens is 370 g/mol. The lowest BCUT2D eigenvalue weighted by molar-refractivity contribution is 0.582. The molecular formula is C22H17N3O2S. The quantitative estimate of drug-likeness (QED) is 0.487. The van der Waals surface area contributed by atoms with Crippen molar-refractivity contribution in [3.05, 3.63) is 84.6 Å². The Hall–Kier alpha value is -3.38. The van der Waals surface area contributed by atoms with E-state index in [-0.39, 0.29) is 4.90 Å². The van der Waals surface area contributed by atoms with E-state index in [0.29, 0.717) is 5.52 Å². The first-order valence-corrected chi connectivity index (χ1v) is 10.4. The van der Waals surface area contributed by atoms with E-state index in [9.17, 15) is 8.42 Å². The molecule has 0 aliphatic rings. The lowest BCUT2D eigenvalue weighted by atomic mass is 10.1. The minimum absolute atomic E-state index is 0.241. The molecule has 5 rings (SSSR count). The third-order valence-corrected chi connectivity index (χ3v) is 6.66. The molecule has 0 aliphatic heterocycles. The summed E-state index contributed by atoms with van der Waals surface area (Å²) in [6.45, 7) is 2.06. The second-order valence-corrected chi connectivity index (χ2v) is 8.53. The Morgan fingerprint density at radius 3 is 2.43 bits per heavy atom. The van der Waals surface area contributed by atoms with Crippen LogP contribution in [0.25, 0.3) is 33.1 Å². The van der Waals surface area contributed by atoms with Gasteiger partial charge in [-0.2, -0.15) is 12.5 Å². The van der Waals surface area contributed by atoms with Crippen molar-refractivity contribution in [3.8, 4) is 11.3 Å². The van der Waals surface area contributed by atoms with E-state index in [4.69, 9.17) is 4.98 Å². The number of aromatic nitrogens is 3. The number of fused-ring (bicyclic) bond motifs is 3. The molecule has 0 radical (unpaired) electrons. The van der Waals surface area contributed by atoms with Gasteiger partial charge in [-0.15, -0.1) is 0 Å². The standard InChI is InChI=1S/C22H17N3O2S/c1-15-7-5-6-10-17(15)21-13-18-19-14-23-25(22(19)12-11-20(18)24-21)28(26,27)16-8-3-2-4-9-16/h2-14,23H,1H3. The van der Waals surface area contributed by atoms with Crippen LogP contribution >= 0.6 is 0 Å². The summed E-state index contributed by atoms with van der Waals surface area (Å²) in [6.07, 6.45) is 1.72. The highest BCUT2D eigenvalue weighted by molar-refractivity contribution is 7.90. The molecule has 0 fully saturated rings. The average molecular weight is 387 g/mol. The lowest BCUT2D eigenvalue weighted by Crippen LogP contribution is -2.14. The molecule has 6 heteroatoms. The molecule has 0 saturated heterocycles. The number of aryl methyl sites for hydroxylation is 1. The zero-order valence-corrected chi connectivity index (χ0v) is 15.9. The second-order valence-electron chi connectivity index (χ2n) is 6.74. The number of H-pyrrole nitrogens is 1. The number of nitrogens with one attached hydrogen (secondary N) is 1. The highest BCUT2D eigenvalue weighted by Crippen LogP contribution is 2.32. The van der Waals surface area contributed by atoms with Crippen LogP contribution in [-0.2, 0) is 10.0 Å². The molecule has 0 amide bonds. The number of benzene rings is 3. The van der Waals surface area contributed by atoms with Crippen LogP contribution in [0.3, 0.4) is 0 Å². The van der Waals surface area contributed by atoms with Crippen LogP contribution in [0.15, 0.2) is 83.9 Å². The summed E-state index contributed by atoms with van der Waals surface area (Å²) < 4.78 is 27.3. The number of rotatable bonds is 3. The molecule has 1 N–H and O–H groups in total. The smallest absolute Gasteiger partial charge is 0.281 e. The van der Waals surface area contributed by atoms with E-state index in [0.717, 1.165) is 33.1 Å². The Bertz CT molecular complexity index is 1430. The molecule has 138 valence electrons. The fourth-order valence-corrected chi connectivity index (χ4v) is 4.90. The van der Waals surface area contributed by atoms with Gasteiger partial charge in [-0.1, -0.05) is 42.5 Å². The molecule has 2 aromatic heterocycles. The van der Waals surface area contributed by atoms with E-state index in [1.54, 1.807) is 42.6 Å². The van der Waals surface area contributed by atoms with Crippen LogP contribution in [0.1, 0.15) is 5.56 Å².